The fraction of sp³-hybridized carbons (Fsp3) is 0.222. The molecule has 8 nitrogen and oxygen atoms in total. The van der Waals surface area contributed by atoms with Crippen molar-refractivity contribution in [1.29, 1.82) is 0 Å². The van der Waals surface area contributed by atoms with Gasteiger partial charge in [-0.3, -0.25) is 4.79 Å². The van der Waals surface area contributed by atoms with Crippen LogP contribution in [0.3, 0.4) is 0 Å². The van der Waals surface area contributed by atoms with Crippen LogP contribution in [0.25, 0.3) is 11.1 Å². The van der Waals surface area contributed by atoms with Gasteiger partial charge in [-0.05, 0) is 39.9 Å². The van der Waals surface area contributed by atoms with Crippen LogP contribution in [0.15, 0.2) is 72.8 Å². The Kier molecular flexibility index (Phi) is 7.42. The average Bonchev–Trinajstić information content (AvgIpc) is 3.19. The number of alkyl carbamates (subject to hydrolysis) is 1. The van der Waals surface area contributed by atoms with Crippen LogP contribution >= 0.6 is 0 Å². The van der Waals surface area contributed by atoms with Crippen molar-refractivity contribution in [3.05, 3.63) is 95.1 Å². The summed E-state index contributed by atoms with van der Waals surface area (Å²) in [5.41, 5.74) is 5.34. The van der Waals surface area contributed by atoms with Gasteiger partial charge in [0.05, 0.1) is 12.2 Å². The lowest BCUT2D eigenvalue weighted by Gasteiger charge is -2.19. The molecule has 0 aliphatic heterocycles. The maximum absolute atomic E-state index is 12.6. The number of nitrogens with one attached hydrogen (secondary N) is 2. The predicted octanol–water partition coefficient (Wildman–Crippen LogP) is 3.55. The SMILES string of the molecule is COCC(NC(=O)OCC1c2ccccc2-c2ccccc21)C(=O)NCc1ccc(C(=O)O)cc1. The van der Waals surface area contributed by atoms with Crippen molar-refractivity contribution in [2.45, 2.75) is 18.5 Å². The van der Waals surface area contributed by atoms with Crippen LogP contribution < -0.4 is 10.6 Å². The first kappa shape index (κ1) is 24.0. The first-order chi connectivity index (χ1) is 17.0. The van der Waals surface area contributed by atoms with E-state index in [1.165, 1.54) is 19.2 Å². The summed E-state index contributed by atoms with van der Waals surface area (Å²) in [6.45, 7) is 0.274. The van der Waals surface area contributed by atoms with Crippen LogP contribution in [-0.4, -0.2) is 49.4 Å². The molecule has 180 valence electrons. The number of carboxylic acid groups (broad SMARTS) is 1. The van der Waals surface area contributed by atoms with Gasteiger partial charge in [0.15, 0.2) is 0 Å². The van der Waals surface area contributed by atoms with E-state index in [1.807, 2.05) is 36.4 Å². The summed E-state index contributed by atoms with van der Waals surface area (Å²) in [7, 11) is 1.43. The van der Waals surface area contributed by atoms with E-state index in [1.54, 1.807) is 12.1 Å². The third-order valence-corrected chi connectivity index (χ3v) is 5.95. The van der Waals surface area contributed by atoms with E-state index in [0.29, 0.717) is 0 Å². The van der Waals surface area contributed by atoms with Gasteiger partial charge in [0.25, 0.3) is 0 Å². The van der Waals surface area contributed by atoms with Crippen LogP contribution in [0, 0.1) is 0 Å². The lowest BCUT2D eigenvalue weighted by Crippen LogP contribution is -2.49. The predicted molar refractivity (Wildman–Crippen MR) is 129 cm³/mol. The fourth-order valence-corrected chi connectivity index (χ4v) is 4.21. The van der Waals surface area contributed by atoms with E-state index in [-0.39, 0.29) is 31.2 Å². The highest BCUT2D eigenvalue weighted by Gasteiger charge is 2.29. The zero-order valence-corrected chi connectivity index (χ0v) is 19.2. The molecule has 0 heterocycles. The van der Waals surface area contributed by atoms with E-state index in [4.69, 9.17) is 14.6 Å². The first-order valence-electron chi connectivity index (χ1n) is 11.2. The molecule has 8 heteroatoms. The number of fused-ring (bicyclic) bond motifs is 3. The Hall–Kier alpha value is -4.17. The Labute approximate surface area is 202 Å². The van der Waals surface area contributed by atoms with Crippen LogP contribution in [0.1, 0.15) is 33.0 Å². The molecule has 3 N–H and O–H groups in total. The van der Waals surface area contributed by atoms with Crippen molar-refractivity contribution >= 4 is 18.0 Å². The molecule has 3 aromatic carbocycles. The Bertz CT molecular complexity index is 1180. The van der Waals surface area contributed by atoms with Gasteiger partial charge in [-0.15, -0.1) is 0 Å². The Balaban J connectivity index is 1.34. The van der Waals surface area contributed by atoms with Crippen LogP contribution in [0.4, 0.5) is 4.79 Å². The first-order valence-corrected chi connectivity index (χ1v) is 11.2. The van der Waals surface area contributed by atoms with Gasteiger partial charge in [-0.1, -0.05) is 60.7 Å². The van der Waals surface area contributed by atoms with E-state index in [0.717, 1.165) is 27.8 Å². The van der Waals surface area contributed by atoms with E-state index >= 15 is 0 Å². The molecule has 1 unspecified atom stereocenters. The lowest BCUT2D eigenvalue weighted by atomic mass is 9.98. The minimum atomic E-state index is -1.02. The summed E-state index contributed by atoms with van der Waals surface area (Å²) in [6.07, 6.45) is -0.713. The number of ether oxygens (including phenoxy) is 2. The molecule has 1 aliphatic carbocycles. The number of rotatable bonds is 9. The van der Waals surface area contributed by atoms with Crippen LogP contribution in [-0.2, 0) is 20.8 Å². The second-order valence-electron chi connectivity index (χ2n) is 8.20. The van der Waals surface area contributed by atoms with Crippen molar-refractivity contribution in [3.8, 4) is 11.1 Å². The molecule has 2 amide bonds. The van der Waals surface area contributed by atoms with Crippen molar-refractivity contribution in [2.75, 3.05) is 20.3 Å². The van der Waals surface area contributed by atoms with Crippen molar-refractivity contribution in [3.63, 3.8) is 0 Å². The molecule has 1 atom stereocenters. The van der Waals surface area contributed by atoms with Crippen LogP contribution in [0.5, 0.6) is 0 Å². The van der Waals surface area contributed by atoms with Gasteiger partial charge in [-0.2, -0.15) is 0 Å². The summed E-state index contributed by atoms with van der Waals surface area (Å²) in [5, 5.41) is 14.3. The van der Waals surface area contributed by atoms with Crippen LogP contribution in [0.2, 0.25) is 0 Å². The monoisotopic (exact) mass is 474 g/mol. The standard InChI is InChI=1S/C27H26N2O6/c1-34-16-24(25(30)28-14-17-10-12-18(13-11-17)26(31)32)29-27(33)35-15-23-21-8-4-2-6-19(21)20-7-3-5-9-22(20)23/h2-13,23-24H,14-16H2,1H3,(H,28,30)(H,29,33)(H,31,32). The summed E-state index contributed by atoms with van der Waals surface area (Å²) in [5.74, 6) is -1.55. The number of amides is 2. The van der Waals surface area contributed by atoms with E-state index in [2.05, 4.69) is 22.8 Å². The number of carbonyl (C=O) groups excluding carboxylic acids is 2. The van der Waals surface area contributed by atoms with Crippen molar-refractivity contribution in [1.82, 2.24) is 10.6 Å². The largest absolute Gasteiger partial charge is 0.478 e. The Morgan fingerprint density at radius 3 is 2.09 bits per heavy atom. The summed E-state index contributed by atoms with van der Waals surface area (Å²) >= 11 is 0. The molecular formula is C27H26N2O6. The quantitative estimate of drug-likeness (QED) is 0.437. The molecule has 1 aliphatic rings. The molecular weight excluding hydrogens is 448 g/mol. The molecule has 4 rings (SSSR count). The third-order valence-electron chi connectivity index (χ3n) is 5.95. The zero-order valence-electron chi connectivity index (χ0n) is 19.2. The third kappa shape index (κ3) is 5.50. The lowest BCUT2D eigenvalue weighted by molar-refractivity contribution is -0.124. The number of methoxy groups -OCH3 is 1. The van der Waals surface area contributed by atoms with E-state index < -0.39 is 24.0 Å². The topological polar surface area (TPSA) is 114 Å². The summed E-state index contributed by atoms with van der Waals surface area (Å²) < 4.78 is 10.6. The van der Waals surface area contributed by atoms with Crippen molar-refractivity contribution < 1.29 is 29.0 Å². The highest BCUT2D eigenvalue weighted by Crippen LogP contribution is 2.44. The fourth-order valence-electron chi connectivity index (χ4n) is 4.21. The zero-order chi connectivity index (χ0) is 24.8. The number of benzene rings is 3. The highest BCUT2D eigenvalue weighted by atomic mass is 16.5. The molecule has 0 saturated heterocycles. The molecule has 0 bridgehead atoms. The van der Waals surface area contributed by atoms with Gasteiger partial charge in [-0.25, -0.2) is 9.59 Å². The highest BCUT2D eigenvalue weighted by molar-refractivity contribution is 5.88. The van der Waals surface area contributed by atoms with Gasteiger partial charge in [0.2, 0.25) is 5.91 Å². The normalized spacial score (nSPS) is 12.8. The molecule has 0 radical (unpaired) electrons. The van der Waals surface area contributed by atoms with Crippen molar-refractivity contribution in [2.24, 2.45) is 0 Å². The second-order valence-corrected chi connectivity index (χ2v) is 8.20. The van der Waals surface area contributed by atoms with Gasteiger partial charge >= 0.3 is 12.1 Å². The second kappa shape index (κ2) is 10.8. The molecule has 0 spiro atoms. The van der Waals surface area contributed by atoms with E-state index in [9.17, 15) is 14.4 Å². The number of carbonyl (C=O) groups is 3. The average molecular weight is 475 g/mol. The number of hydrogen-bond acceptors (Lipinski definition) is 5. The molecule has 0 fully saturated rings. The number of aromatic carboxylic acids is 1. The van der Waals surface area contributed by atoms with Gasteiger partial charge in [0.1, 0.15) is 12.6 Å². The molecule has 0 aromatic heterocycles. The smallest absolute Gasteiger partial charge is 0.407 e. The maximum atomic E-state index is 12.6. The molecule has 0 saturated carbocycles. The Morgan fingerprint density at radius 1 is 0.914 bits per heavy atom. The summed E-state index contributed by atoms with van der Waals surface area (Å²) in [6, 6.07) is 21.3. The van der Waals surface area contributed by atoms with Gasteiger partial charge < -0.3 is 25.2 Å². The number of hydrogen-bond donors (Lipinski definition) is 3. The molecule has 35 heavy (non-hydrogen) atoms. The Morgan fingerprint density at radius 2 is 1.51 bits per heavy atom. The summed E-state index contributed by atoms with van der Waals surface area (Å²) in [4.78, 5) is 36.2. The van der Waals surface area contributed by atoms with Gasteiger partial charge in [0, 0.05) is 19.6 Å². The molecule has 3 aromatic rings. The minimum absolute atomic E-state index is 0.0337. The number of carboxylic acids is 1. The minimum Gasteiger partial charge on any atom is -0.478 e. The maximum Gasteiger partial charge on any atom is 0.407 e.